The Kier molecular flexibility index (Phi) is 5.27. The molecule has 0 aliphatic carbocycles. The first-order chi connectivity index (χ1) is 10.1. The van der Waals surface area contributed by atoms with Crippen LogP contribution in [-0.2, 0) is 20.9 Å². The highest BCUT2D eigenvalue weighted by atomic mass is 19.1. The molecule has 1 atom stereocenters. The van der Waals surface area contributed by atoms with Crippen molar-refractivity contribution in [3.8, 4) is 0 Å². The van der Waals surface area contributed by atoms with Gasteiger partial charge < -0.3 is 10.1 Å². The molecule has 1 saturated heterocycles. The van der Waals surface area contributed by atoms with Gasteiger partial charge in [0.1, 0.15) is 11.9 Å². The summed E-state index contributed by atoms with van der Waals surface area (Å²) < 4.78 is 18.6. The van der Waals surface area contributed by atoms with E-state index in [1.54, 1.807) is 25.1 Å². The molecule has 0 aromatic heterocycles. The van der Waals surface area contributed by atoms with Crippen molar-refractivity contribution in [1.82, 2.24) is 10.2 Å². The first kappa shape index (κ1) is 15.4. The van der Waals surface area contributed by atoms with Crippen LogP contribution in [0, 0.1) is 5.82 Å². The van der Waals surface area contributed by atoms with Crippen LogP contribution in [-0.4, -0.2) is 42.5 Å². The Labute approximate surface area is 123 Å². The molecule has 21 heavy (non-hydrogen) atoms. The van der Waals surface area contributed by atoms with Crippen molar-refractivity contribution in [2.24, 2.45) is 0 Å². The average Bonchev–Trinajstić information content (AvgIpc) is 2.45. The standard InChI is InChI=1S/C15H19FN2O3/c1-2-21-14(19)9-13-15(20)17-7-8-18(13)10-11-5-3-4-6-12(11)16/h3-6,13H,2,7-10H2,1H3,(H,17,20)/t13-/m1/s1. The van der Waals surface area contributed by atoms with Crippen LogP contribution < -0.4 is 5.32 Å². The van der Waals surface area contributed by atoms with Gasteiger partial charge >= 0.3 is 5.97 Å². The molecular weight excluding hydrogens is 275 g/mol. The third kappa shape index (κ3) is 4.01. The number of hydrogen-bond acceptors (Lipinski definition) is 4. The quantitative estimate of drug-likeness (QED) is 0.826. The number of carbonyl (C=O) groups excluding carboxylic acids is 2. The van der Waals surface area contributed by atoms with Gasteiger partial charge in [-0.25, -0.2) is 4.39 Å². The molecule has 1 heterocycles. The highest BCUT2D eigenvalue weighted by molar-refractivity contribution is 5.87. The maximum Gasteiger partial charge on any atom is 0.307 e. The molecule has 1 aliphatic rings. The lowest BCUT2D eigenvalue weighted by Gasteiger charge is -2.34. The first-order valence-corrected chi connectivity index (χ1v) is 7.02. The number of halogens is 1. The van der Waals surface area contributed by atoms with Gasteiger partial charge in [0.15, 0.2) is 0 Å². The fourth-order valence-corrected chi connectivity index (χ4v) is 2.40. The molecule has 0 bridgehead atoms. The minimum Gasteiger partial charge on any atom is -0.466 e. The van der Waals surface area contributed by atoms with Gasteiger partial charge in [0, 0.05) is 25.2 Å². The van der Waals surface area contributed by atoms with Crippen molar-refractivity contribution >= 4 is 11.9 Å². The summed E-state index contributed by atoms with van der Waals surface area (Å²) in [5, 5.41) is 2.73. The van der Waals surface area contributed by atoms with E-state index in [1.165, 1.54) is 6.07 Å². The Balaban J connectivity index is 2.09. The number of piperazine rings is 1. The van der Waals surface area contributed by atoms with Crippen molar-refractivity contribution in [2.45, 2.75) is 25.9 Å². The molecule has 1 N–H and O–H groups in total. The van der Waals surface area contributed by atoms with E-state index in [2.05, 4.69) is 5.32 Å². The summed E-state index contributed by atoms with van der Waals surface area (Å²) in [4.78, 5) is 25.4. The second kappa shape index (κ2) is 7.17. The van der Waals surface area contributed by atoms with Crippen molar-refractivity contribution in [3.63, 3.8) is 0 Å². The second-order valence-corrected chi connectivity index (χ2v) is 4.88. The molecule has 5 nitrogen and oxygen atoms in total. The molecule has 0 radical (unpaired) electrons. The molecule has 1 aromatic rings. The molecule has 1 fully saturated rings. The Bertz CT molecular complexity index is 521. The van der Waals surface area contributed by atoms with E-state index in [-0.39, 0.29) is 24.8 Å². The topological polar surface area (TPSA) is 58.6 Å². The molecule has 1 amide bonds. The number of benzene rings is 1. The number of nitrogens with zero attached hydrogens (tertiary/aromatic N) is 1. The SMILES string of the molecule is CCOC(=O)C[C@@H]1C(=O)NCCN1Cc1ccccc1F. The Morgan fingerprint density at radius 1 is 1.48 bits per heavy atom. The minimum absolute atomic E-state index is 0.0197. The molecular formula is C15H19FN2O3. The van der Waals surface area contributed by atoms with Gasteiger partial charge in [0.25, 0.3) is 0 Å². The fourth-order valence-electron chi connectivity index (χ4n) is 2.40. The summed E-state index contributed by atoms with van der Waals surface area (Å²) >= 11 is 0. The lowest BCUT2D eigenvalue weighted by atomic mass is 10.1. The summed E-state index contributed by atoms with van der Waals surface area (Å²) in [5.41, 5.74) is 0.515. The van der Waals surface area contributed by atoms with Gasteiger partial charge in [-0.15, -0.1) is 0 Å². The third-order valence-corrected chi connectivity index (χ3v) is 3.44. The maximum absolute atomic E-state index is 13.7. The summed E-state index contributed by atoms with van der Waals surface area (Å²) in [5.74, 6) is -0.943. The highest BCUT2D eigenvalue weighted by Gasteiger charge is 2.32. The van der Waals surface area contributed by atoms with Gasteiger partial charge in [0.05, 0.1) is 13.0 Å². The normalized spacial score (nSPS) is 19.1. The van der Waals surface area contributed by atoms with E-state index in [1.807, 2.05) is 4.90 Å². The fraction of sp³-hybridized carbons (Fsp3) is 0.467. The van der Waals surface area contributed by atoms with Crippen LogP contribution in [0.25, 0.3) is 0 Å². The molecule has 1 aromatic carbocycles. The minimum atomic E-state index is -0.614. The van der Waals surface area contributed by atoms with E-state index >= 15 is 0 Å². The number of rotatable bonds is 5. The highest BCUT2D eigenvalue weighted by Crippen LogP contribution is 2.16. The lowest BCUT2D eigenvalue weighted by molar-refractivity contribution is -0.148. The largest absolute Gasteiger partial charge is 0.466 e. The molecule has 0 spiro atoms. The molecule has 0 saturated carbocycles. The van der Waals surface area contributed by atoms with Crippen molar-refractivity contribution in [1.29, 1.82) is 0 Å². The van der Waals surface area contributed by atoms with E-state index < -0.39 is 12.0 Å². The summed E-state index contributed by atoms with van der Waals surface area (Å²) in [6.07, 6.45) is -0.0197. The van der Waals surface area contributed by atoms with Crippen LogP contribution in [0.3, 0.4) is 0 Å². The van der Waals surface area contributed by atoms with E-state index in [4.69, 9.17) is 4.74 Å². The first-order valence-electron chi connectivity index (χ1n) is 7.02. The summed E-state index contributed by atoms with van der Waals surface area (Å²) in [6, 6.07) is 5.83. The third-order valence-electron chi connectivity index (χ3n) is 3.44. The number of hydrogen-bond donors (Lipinski definition) is 1. The van der Waals surface area contributed by atoms with Gasteiger partial charge in [-0.05, 0) is 13.0 Å². The maximum atomic E-state index is 13.7. The van der Waals surface area contributed by atoms with Crippen molar-refractivity contribution < 1.29 is 18.7 Å². The molecule has 2 rings (SSSR count). The van der Waals surface area contributed by atoms with E-state index in [0.29, 0.717) is 25.2 Å². The zero-order valence-corrected chi connectivity index (χ0v) is 12.0. The molecule has 1 aliphatic heterocycles. The number of esters is 1. The van der Waals surface area contributed by atoms with Crippen LogP contribution in [0.5, 0.6) is 0 Å². The van der Waals surface area contributed by atoms with Gasteiger partial charge in [-0.1, -0.05) is 18.2 Å². The predicted octanol–water partition coefficient (Wildman–Crippen LogP) is 1.08. The van der Waals surface area contributed by atoms with E-state index in [9.17, 15) is 14.0 Å². The zero-order valence-electron chi connectivity index (χ0n) is 12.0. The number of amides is 1. The average molecular weight is 294 g/mol. The van der Waals surface area contributed by atoms with Gasteiger partial charge in [-0.3, -0.25) is 14.5 Å². The zero-order chi connectivity index (χ0) is 15.2. The van der Waals surface area contributed by atoms with E-state index in [0.717, 1.165) is 0 Å². The smallest absolute Gasteiger partial charge is 0.307 e. The van der Waals surface area contributed by atoms with Crippen LogP contribution in [0.1, 0.15) is 18.9 Å². The Morgan fingerprint density at radius 2 is 2.24 bits per heavy atom. The van der Waals surface area contributed by atoms with Crippen LogP contribution >= 0.6 is 0 Å². The monoisotopic (exact) mass is 294 g/mol. The van der Waals surface area contributed by atoms with Crippen LogP contribution in [0.2, 0.25) is 0 Å². The Hall–Kier alpha value is -1.95. The van der Waals surface area contributed by atoms with Crippen LogP contribution in [0.4, 0.5) is 4.39 Å². The number of nitrogens with one attached hydrogen (secondary N) is 1. The number of carbonyl (C=O) groups is 2. The second-order valence-electron chi connectivity index (χ2n) is 4.88. The molecule has 6 heteroatoms. The summed E-state index contributed by atoms with van der Waals surface area (Å²) in [7, 11) is 0. The molecule has 114 valence electrons. The van der Waals surface area contributed by atoms with Crippen molar-refractivity contribution in [3.05, 3.63) is 35.6 Å². The number of ether oxygens (including phenoxy) is 1. The van der Waals surface area contributed by atoms with Crippen molar-refractivity contribution in [2.75, 3.05) is 19.7 Å². The predicted molar refractivity (Wildman–Crippen MR) is 74.9 cm³/mol. The lowest BCUT2D eigenvalue weighted by Crippen LogP contribution is -2.55. The Morgan fingerprint density at radius 3 is 2.95 bits per heavy atom. The summed E-state index contributed by atoms with van der Waals surface area (Å²) in [6.45, 7) is 3.36. The van der Waals surface area contributed by atoms with Crippen LogP contribution in [0.15, 0.2) is 24.3 Å². The molecule has 0 unspecified atom stereocenters. The van der Waals surface area contributed by atoms with Gasteiger partial charge in [0.2, 0.25) is 5.91 Å². The van der Waals surface area contributed by atoms with Gasteiger partial charge in [-0.2, -0.15) is 0 Å².